The molecule has 0 unspecified atom stereocenters. The fourth-order valence-electron chi connectivity index (χ4n) is 2.81. The molecule has 25 heavy (non-hydrogen) atoms. The molecule has 0 N–H and O–H groups in total. The molecule has 0 bridgehead atoms. The van der Waals surface area contributed by atoms with E-state index in [9.17, 15) is 0 Å². The maximum absolute atomic E-state index is 4.02. The molecule has 1 fully saturated rings. The summed E-state index contributed by atoms with van der Waals surface area (Å²) in [5.41, 5.74) is 0. The number of hydrogen-bond acceptors (Lipinski definition) is 6. The van der Waals surface area contributed by atoms with E-state index in [4.69, 9.17) is 0 Å². The summed E-state index contributed by atoms with van der Waals surface area (Å²) in [4.78, 5) is 13.5. The van der Waals surface area contributed by atoms with Crippen molar-refractivity contribution in [1.29, 1.82) is 0 Å². The minimum Gasteiger partial charge on any atom is -0.653 e. The Kier molecular flexibility index (Phi) is 22.6. The summed E-state index contributed by atoms with van der Waals surface area (Å²) in [6.07, 6.45) is 0. The molecule has 0 saturated carbocycles. The molecule has 1 aliphatic rings. The molecule has 0 aromatic heterocycles. The van der Waals surface area contributed by atoms with Crippen LogP contribution in [-0.2, 0) is 40.8 Å². The monoisotopic (exact) mass is 704 g/mol. The fourth-order valence-corrected chi connectivity index (χ4v) is 2.81. The van der Waals surface area contributed by atoms with Gasteiger partial charge in [-0.15, -0.1) is 0 Å². The van der Waals surface area contributed by atoms with Crippen molar-refractivity contribution in [2.75, 3.05) is 103 Å². The average Bonchev–Trinajstić information content (AvgIpc) is 2.37. The summed E-state index contributed by atoms with van der Waals surface area (Å²) in [5, 5.41) is 8.03. The first-order valence-corrected chi connectivity index (χ1v) is 8.00. The van der Waals surface area contributed by atoms with Crippen LogP contribution in [-0.4, -0.2) is 132 Å². The standard InChI is InChI=1S/C8H20N4.C7H18N4.2Re/c1-9-5-10(2)7-12(4)8-11(3)6-9;1-8-5-10(3)7-11(4)6-9-2;;/h5-8H2,1-4H3;5-7H2,1-4H3;;/q;-2;;. The summed E-state index contributed by atoms with van der Waals surface area (Å²) in [6.45, 7) is 6.63. The third kappa shape index (κ3) is 18.1. The van der Waals surface area contributed by atoms with Crippen molar-refractivity contribution in [2.45, 2.75) is 0 Å². The van der Waals surface area contributed by atoms with Gasteiger partial charge in [0, 0.05) is 47.5 Å². The van der Waals surface area contributed by atoms with Gasteiger partial charge in [0.2, 0.25) is 0 Å². The van der Waals surface area contributed by atoms with Crippen LogP contribution in [0, 0.1) is 0 Å². The van der Waals surface area contributed by atoms with Crippen molar-refractivity contribution in [3.05, 3.63) is 10.6 Å². The summed E-state index contributed by atoms with van der Waals surface area (Å²) in [5.74, 6) is 0. The second-order valence-corrected chi connectivity index (χ2v) is 6.76. The van der Waals surface area contributed by atoms with Crippen molar-refractivity contribution in [2.24, 2.45) is 0 Å². The minimum atomic E-state index is 0. The zero-order valence-corrected chi connectivity index (χ0v) is 22.7. The Labute approximate surface area is 183 Å². The first-order chi connectivity index (χ1) is 10.8. The maximum Gasteiger partial charge on any atom is 0.0523 e. The van der Waals surface area contributed by atoms with Crippen LogP contribution in [0.2, 0.25) is 0 Å². The number of nitrogens with zero attached hydrogens (tertiary/aromatic N) is 8. The minimum absolute atomic E-state index is 0. The predicted octanol–water partition coefficient (Wildman–Crippen LogP) is 0.282. The topological polar surface area (TPSA) is 47.6 Å². The maximum atomic E-state index is 4.02. The molecule has 0 aromatic rings. The Balaban J connectivity index is -0.000000360. The SMILES string of the molecule is CN1CN(C)CN(C)CN(C)C1.C[N-]CN(C)CN(C)C[N-]C.[Re].[Re]. The molecular weight excluding hydrogens is 665 g/mol. The van der Waals surface area contributed by atoms with E-state index in [1.807, 2.05) is 28.2 Å². The van der Waals surface area contributed by atoms with E-state index in [0.29, 0.717) is 0 Å². The van der Waals surface area contributed by atoms with Crippen LogP contribution < -0.4 is 0 Å². The molecule has 1 saturated heterocycles. The molecule has 154 valence electrons. The van der Waals surface area contributed by atoms with E-state index in [-0.39, 0.29) is 40.8 Å². The van der Waals surface area contributed by atoms with Gasteiger partial charge < -0.3 is 20.4 Å². The summed E-state index contributed by atoms with van der Waals surface area (Å²) < 4.78 is 0. The molecule has 1 heterocycles. The van der Waals surface area contributed by atoms with E-state index in [2.05, 4.69) is 68.2 Å². The summed E-state index contributed by atoms with van der Waals surface area (Å²) >= 11 is 0. The van der Waals surface area contributed by atoms with Gasteiger partial charge in [-0.2, -0.15) is 14.1 Å². The second-order valence-electron chi connectivity index (χ2n) is 6.76. The summed E-state index contributed by atoms with van der Waals surface area (Å²) in [6, 6.07) is 0. The number of rotatable bonds is 6. The molecule has 2 radical (unpaired) electrons. The molecule has 1 rings (SSSR count). The largest absolute Gasteiger partial charge is 0.653 e. The van der Waals surface area contributed by atoms with E-state index < -0.39 is 0 Å². The van der Waals surface area contributed by atoms with Crippen LogP contribution in [0.5, 0.6) is 0 Å². The van der Waals surface area contributed by atoms with E-state index in [0.717, 1.165) is 46.7 Å². The van der Waals surface area contributed by atoms with Gasteiger partial charge in [-0.3, -0.25) is 19.6 Å². The molecule has 0 aliphatic carbocycles. The molecule has 0 amide bonds. The molecule has 10 heteroatoms. The van der Waals surface area contributed by atoms with Crippen LogP contribution in [0.3, 0.4) is 0 Å². The van der Waals surface area contributed by atoms with Crippen LogP contribution in [0.15, 0.2) is 0 Å². The van der Waals surface area contributed by atoms with Gasteiger partial charge >= 0.3 is 0 Å². The van der Waals surface area contributed by atoms with Crippen LogP contribution in [0.4, 0.5) is 0 Å². The Morgan fingerprint density at radius 2 is 0.880 bits per heavy atom. The zero-order valence-electron chi connectivity index (χ0n) is 17.3. The second kappa shape index (κ2) is 18.4. The smallest absolute Gasteiger partial charge is 0.0523 e. The van der Waals surface area contributed by atoms with E-state index in [1.54, 1.807) is 0 Å². The van der Waals surface area contributed by atoms with Crippen molar-refractivity contribution >= 4 is 0 Å². The Bertz CT molecular complexity index is 238. The Morgan fingerprint density at radius 1 is 0.640 bits per heavy atom. The quantitative estimate of drug-likeness (QED) is 0.371. The predicted molar refractivity (Wildman–Crippen MR) is 99.2 cm³/mol. The third-order valence-electron chi connectivity index (χ3n) is 3.18. The van der Waals surface area contributed by atoms with E-state index >= 15 is 0 Å². The van der Waals surface area contributed by atoms with Gasteiger partial charge in [0.15, 0.2) is 0 Å². The van der Waals surface area contributed by atoms with Gasteiger partial charge in [0.05, 0.1) is 26.7 Å². The molecule has 8 nitrogen and oxygen atoms in total. The molecule has 0 aromatic carbocycles. The molecule has 0 spiro atoms. The third-order valence-corrected chi connectivity index (χ3v) is 3.18. The van der Waals surface area contributed by atoms with Crippen molar-refractivity contribution in [1.82, 2.24) is 29.4 Å². The average molecular weight is 703 g/mol. The first kappa shape index (κ1) is 30.7. The van der Waals surface area contributed by atoms with Crippen molar-refractivity contribution < 1.29 is 40.8 Å². The van der Waals surface area contributed by atoms with Gasteiger partial charge in [0.1, 0.15) is 0 Å². The van der Waals surface area contributed by atoms with Gasteiger partial charge in [-0.05, 0) is 42.3 Å². The van der Waals surface area contributed by atoms with Crippen molar-refractivity contribution in [3.8, 4) is 0 Å². The number of hydrogen-bond donors (Lipinski definition) is 0. The fraction of sp³-hybridized carbons (Fsp3) is 1.00. The van der Waals surface area contributed by atoms with Crippen LogP contribution in [0.1, 0.15) is 0 Å². The van der Waals surface area contributed by atoms with Crippen LogP contribution >= 0.6 is 0 Å². The molecule has 1 aliphatic heterocycles. The van der Waals surface area contributed by atoms with Crippen molar-refractivity contribution in [3.63, 3.8) is 0 Å². The Hall–Kier alpha value is 1.00. The van der Waals surface area contributed by atoms with Crippen LogP contribution in [0.25, 0.3) is 10.6 Å². The molecule has 0 atom stereocenters. The zero-order chi connectivity index (χ0) is 17.8. The molecular formula is C15H38N8Re2-2. The normalized spacial score (nSPS) is 18.0. The van der Waals surface area contributed by atoms with Gasteiger partial charge in [0.25, 0.3) is 0 Å². The van der Waals surface area contributed by atoms with Gasteiger partial charge in [-0.1, -0.05) is 13.3 Å². The van der Waals surface area contributed by atoms with Gasteiger partial charge in [-0.25, -0.2) is 0 Å². The van der Waals surface area contributed by atoms with E-state index in [1.165, 1.54) is 0 Å². The summed E-state index contributed by atoms with van der Waals surface area (Å²) in [7, 11) is 16.3. The first-order valence-electron chi connectivity index (χ1n) is 8.00. The Morgan fingerprint density at radius 3 is 1.08 bits per heavy atom.